The number of aromatic nitrogens is 1. The molecule has 2 aromatic rings. The molecule has 0 unspecified atom stereocenters. The first-order valence-corrected chi connectivity index (χ1v) is 7.18. The van der Waals surface area contributed by atoms with E-state index in [-0.39, 0.29) is 12.4 Å². The van der Waals surface area contributed by atoms with Gasteiger partial charge in [0.15, 0.2) is 6.61 Å². The van der Waals surface area contributed by atoms with E-state index >= 15 is 0 Å². The number of primary amides is 1. The van der Waals surface area contributed by atoms with Gasteiger partial charge in [-0.25, -0.2) is 4.79 Å². The maximum absolute atomic E-state index is 12.3. The van der Waals surface area contributed by atoms with Crippen LogP contribution in [0.3, 0.4) is 0 Å². The van der Waals surface area contributed by atoms with Crippen LogP contribution in [0.15, 0.2) is 24.3 Å². The first-order valence-electron chi connectivity index (χ1n) is 7.18. The molecule has 7 nitrogen and oxygen atoms in total. The summed E-state index contributed by atoms with van der Waals surface area (Å²) in [4.78, 5) is 38.1. The van der Waals surface area contributed by atoms with Gasteiger partial charge in [0.05, 0.1) is 18.4 Å². The average molecular weight is 330 g/mol. The molecule has 7 heteroatoms. The Bertz CT molecular complexity index is 807. The minimum atomic E-state index is -0.578. The second-order valence-corrected chi connectivity index (χ2v) is 5.22. The number of aryl methyl sites for hydroxylation is 1. The number of hydrogen-bond donors (Lipinski definition) is 2. The third kappa shape index (κ3) is 3.45. The fourth-order valence-corrected chi connectivity index (χ4v) is 2.40. The van der Waals surface area contributed by atoms with Gasteiger partial charge in [0, 0.05) is 11.3 Å². The Kier molecular flexibility index (Phi) is 5.03. The molecule has 1 heterocycles. The van der Waals surface area contributed by atoms with E-state index in [0.717, 1.165) is 0 Å². The van der Waals surface area contributed by atoms with Crippen molar-refractivity contribution in [1.82, 2.24) is 4.98 Å². The fourth-order valence-electron chi connectivity index (χ4n) is 2.40. The topological polar surface area (TPSA) is 111 Å². The Morgan fingerprint density at radius 1 is 1.21 bits per heavy atom. The average Bonchev–Trinajstić information content (AvgIpc) is 2.87. The number of carbonyl (C=O) groups excluding carboxylic acids is 3. The van der Waals surface area contributed by atoms with Crippen LogP contribution in [0.25, 0.3) is 0 Å². The normalized spacial score (nSPS) is 10.3. The summed E-state index contributed by atoms with van der Waals surface area (Å²) in [7, 11) is 1.28. The molecule has 2 rings (SSSR count). The van der Waals surface area contributed by atoms with Crippen LogP contribution < -0.4 is 10.5 Å². The van der Waals surface area contributed by atoms with E-state index in [0.29, 0.717) is 33.8 Å². The highest BCUT2D eigenvalue weighted by atomic mass is 16.5. The van der Waals surface area contributed by atoms with Crippen molar-refractivity contribution in [1.29, 1.82) is 0 Å². The number of ether oxygens (including phenoxy) is 2. The van der Waals surface area contributed by atoms with E-state index in [9.17, 15) is 14.4 Å². The molecule has 0 aliphatic rings. The SMILES string of the molecule is COC(=O)c1c(C)[nH]c(C(=O)COc2cccc(C(N)=O)c2)c1C. The largest absolute Gasteiger partial charge is 0.485 e. The zero-order valence-electron chi connectivity index (χ0n) is 13.6. The van der Waals surface area contributed by atoms with E-state index in [1.165, 1.54) is 13.2 Å². The molecule has 0 aliphatic heterocycles. The number of amides is 1. The van der Waals surface area contributed by atoms with Crippen molar-refractivity contribution in [3.63, 3.8) is 0 Å². The Balaban J connectivity index is 2.15. The van der Waals surface area contributed by atoms with Crippen molar-refractivity contribution in [2.24, 2.45) is 5.73 Å². The number of esters is 1. The number of hydrogen-bond acceptors (Lipinski definition) is 5. The van der Waals surface area contributed by atoms with Gasteiger partial charge in [-0.2, -0.15) is 0 Å². The summed E-state index contributed by atoms with van der Waals surface area (Å²) in [6, 6.07) is 6.24. The molecule has 0 saturated carbocycles. The Labute approximate surface area is 138 Å². The quantitative estimate of drug-likeness (QED) is 0.619. The molecule has 0 radical (unpaired) electrons. The highest BCUT2D eigenvalue weighted by Gasteiger charge is 2.22. The van der Waals surface area contributed by atoms with Gasteiger partial charge in [-0.15, -0.1) is 0 Å². The molecule has 0 saturated heterocycles. The zero-order chi connectivity index (χ0) is 17.9. The molecule has 1 aromatic carbocycles. The lowest BCUT2D eigenvalue weighted by molar-refractivity contribution is 0.0599. The van der Waals surface area contributed by atoms with Gasteiger partial charge in [0.2, 0.25) is 11.7 Å². The molecule has 24 heavy (non-hydrogen) atoms. The second kappa shape index (κ2) is 6.99. The number of benzene rings is 1. The van der Waals surface area contributed by atoms with Crippen LogP contribution in [0, 0.1) is 13.8 Å². The van der Waals surface area contributed by atoms with E-state index in [1.54, 1.807) is 32.0 Å². The highest BCUT2D eigenvalue weighted by Crippen LogP contribution is 2.20. The summed E-state index contributed by atoms with van der Waals surface area (Å²) < 4.78 is 10.1. The summed E-state index contributed by atoms with van der Waals surface area (Å²) in [5.74, 6) is -1.05. The van der Waals surface area contributed by atoms with Crippen LogP contribution in [-0.2, 0) is 4.74 Å². The zero-order valence-corrected chi connectivity index (χ0v) is 13.6. The first-order chi connectivity index (χ1) is 11.3. The third-order valence-corrected chi connectivity index (χ3v) is 3.59. The summed E-state index contributed by atoms with van der Waals surface area (Å²) in [6.45, 7) is 3.10. The molecule has 0 bridgehead atoms. The Morgan fingerprint density at radius 3 is 2.54 bits per heavy atom. The molecular formula is C17H18N2O5. The van der Waals surface area contributed by atoms with E-state index in [2.05, 4.69) is 4.98 Å². The standard InChI is InChI=1S/C17H18N2O5/c1-9-14(17(22)23-3)10(2)19-15(9)13(20)8-24-12-6-4-5-11(7-12)16(18)21/h4-7,19H,8H2,1-3H3,(H2,18,21). The lowest BCUT2D eigenvalue weighted by Gasteiger charge is -2.06. The maximum Gasteiger partial charge on any atom is 0.339 e. The Morgan fingerprint density at radius 2 is 1.92 bits per heavy atom. The number of Topliss-reactive ketones (excluding diaryl/α,β-unsaturated/α-hetero) is 1. The molecule has 0 fully saturated rings. The minimum Gasteiger partial charge on any atom is -0.485 e. The van der Waals surface area contributed by atoms with Crippen molar-refractivity contribution >= 4 is 17.7 Å². The van der Waals surface area contributed by atoms with Crippen molar-refractivity contribution in [3.8, 4) is 5.75 Å². The number of H-pyrrole nitrogens is 1. The van der Waals surface area contributed by atoms with E-state index in [4.69, 9.17) is 15.2 Å². The maximum atomic E-state index is 12.3. The fraction of sp³-hybridized carbons (Fsp3) is 0.235. The predicted molar refractivity (Wildman–Crippen MR) is 86.4 cm³/mol. The van der Waals surface area contributed by atoms with Crippen molar-refractivity contribution in [3.05, 3.63) is 52.3 Å². The van der Waals surface area contributed by atoms with Crippen LogP contribution in [0.2, 0.25) is 0 Å². The molecule has 0 spiro atoms. The van der Waals surface area contributed by atoms with Crippen LogP contribution in [0.1, 0.15) is 42.5 Å². The van der Waals surface area contributed by atoms with Gasteiger partial charge in [-0.3, -0.25) is 9.59 Å². The predicted octanol–water partition coefficient (Wildman–Crippen LogP) is 1.78. The van der Waals surface area contributed by atoms with Gasteiger partial charge in [0.25, 0.3) is 0 Å². The van der Waals surface area contributed by atoms with Crippen LogP contribution in [-0.4, -0.2) is 36.4 Å². The monoisotopic (exact) mass is 330 g/mol. The molecular weight excluding hydrogens is 312 g/mol. The van der Waals surface area contributed by atoms with Gasteiger partial charge >= 0.3 is 5.97 Å². The first kappa shape index (κ1) is 17.3. The number of rotatable bonds is 6. The van der Waals surface area contributed by atoms with Gasteiger partial charge in [-0.05, 0) is 37.6 Å². The Hall–Kier alpha value is -3.09. The number of carbonyl (C=O) groups is 3. The van der Waals surface area contributed by atoms with Crippen LogP contribution in [0.4, 0.5) is 0 Å². The third-order valence-electron chi connectivity index (χ3n) is 3.59. The number of nitrogens with one attached hydrogen (secondary N) is 1. The summed E-state index contributed by atoms with van der Waals surface area (Å²) in [5, 5.41) is 0. The van der Waals surface area contributed by atoms with Gasteiger partial charge in [-0.1, -0.05) is 6.07 Å². The molecule has 0 aliphatic carbocycles. The lowest BCUT2D eigenvalue weighted by Crippen LogP contribution is -2.14. The van der Waals surface area contributed by atoms with E-state index < -0.39 is 11.9 Å². The lowest BCUT2D eigenvalue weighted by atomic mass is 10.1. The molecule has 1 aromatic heterocycles. The van der Waals surface area contributed by atoms with Crippen molar-refractivity contribution in [2.45, 2.75) is 13.8 Å². The highest BCUT2D eigenvalue weighted by molar-refractivity contribution is 6.02. The smallest absolute Gasteiger partial charge is 0.339 e. The van der Waals surface area contributed by atoms with E-state index in [1.807, 2.05) is 0 Å². The van der Waals surface area contributed by atoms with Crippen molar-refractivity contribution in [2.75, 3.05) is 13.7 Å². The number of methoxy groups -OCH3 is 1. The van der Waals surface area contributed by atoms with Gasteiger partial charge in [0.1, 0.15) is 5.75 Å². The number of ketones is 1. The van der Waals surface area contributed by atoms with Crippen molar-refractivity contribution < 1.29 is 23.9 Å². The summed E-state index contributed by atoms with van der Waals surface area (Å²) in [5.41, 5.74) is 7.19. The molecule has 3 N–H and O–H groups in total. The van der Waals surface area contributed by atoms with Crippen LogP contribution >= 0.6 is 0 Å². The van der Waals surface area contributed by atoms with Gasteiger partial charge < -0.3 is 20.2 Å². The number of nitrogens with two attached hydrogens (primary N) is 1. The molecule has 1 amide bonds. The minimum absolute atomic E-state index is 0.246. The second-order valence-electron chi connectivity index (χ2n) is 5.22. The molecule has 126 valence electrons. The summed E-state index contributed by atoms with van der Waals surface area (Å²) in [6.07, 6.45) is 0. The molecule has 0 atom stereocenters. The number of aromatic amines is 1. The summed E-state index contributed by atoms with van der Waals surface area (Å²) >= 11 is 0. The van der Waals surface area contributed by atoms with Crippen LogP contribution in [0.5, 0.6) is 5.75 Å².